The van der Waals surface area contributed by atoms with Crippen molar-refractivity contribution in [3.05, 3.63) is 34.4 Å². The van der Waals surface area contributed by atoms with Gasteiger partial charge in [-0.25, -0.2) is 4.79 Å². The molecule has 1 aromatic heterocycles. The molecule has 0 spiro atoms. The number of nitrogens with zero attached hydrogens (tertiary/aromatic N) is 1. The van der Waals surface area contributed by atoms with Crippen molar-refractivity contribution in [3.8, 4) is 5.75 Å². The third-order valence-electron chi connectivity index (χ3n) is 2.43. The maximum Gasteiger partial charge on any atom is 0.573 e. The van der Waals surface area contributed by atoms with E-state index in [4.69, 9.17) is 0 Å². The van der Waals surface area contributed by atoms with Gasteiger partial charge in [0.1, 0.15) is 5.52 Å². The van der Waals surface area contributed by atoms with E-state index < -0.39 is 18.1 Å². The van der Waals surface area contributed by atoms with Crippen molar-refractivity contribution in [2.45, 2.75) is 6.36 Å². The van der Waals surface area contributed by atoms with Crippen LogP contribution in [0.5, 0.6) is 5.75 Å². The van der Waals surface area contributed by atoms with Gasteiger partial charge in [-0.2, -0.15) is 0 Å². The molecule has 0 radical (unpaired) electrons. The van der Waals surface area contributed by atoms with Crippen LogP contribution in [-0.4, -0.2) is 24.4 Å². The fraction of sp³-hybridized carbons (Fsp3) is 0.167. The predicted molar refractivity (Wildman–Crippen MR) is 67.5 cm³/mol. The highest BCUT2D eigenvalue weighted by Gasteiger charge is 2.32. The number of alkyl halides is 3. The minimum atomic E-state index is -4.82. The molecule has 0 aliphatic rings. The second kappa shape index (κ2) is 5.28. The van der Waals surface area contributed by atoms with E-state index in [2.05, 4.69) is 30.4 Å². The number of hydrogen-bond acceptors (Lipinski definition) is 4. The Hall–Kier alpha value is -1.83. The van der Waals surface area contributed by atoms with Crippen LogP contribution >= 0.6 is 15.9 Å². The lowest BCUT2D eigenvalue weighted by Gasteiger charge is -2.12. The van der Waals surface area contributed by atoms with Crippen molar-refractivity contribution in [2.75, 3.05) is 7.11 Å². The molecule has 2 rings (SSSR count). The fourth-order valence-electron chi connectivity index (χ4n) is 1.62. The predicted octanol–water partition coefficient (Wildman–Crippen LogP) is 3.68. The van der Waals surface area contributed by atoms with Crippen molar-refractivity contribution >= 4 is 32.8 Å². The SMILES string of the molecule is COC(=O)c1cnc2c(OC(F)(F)F)cccc2c1Br. The first-order valence-corrected chi connectivity index (χ1v) is 6.04. The number of benzene rings is 1. The number of hydrogen-bond donors (Lipinski definition) is 0. The van der Waals surface area contributed by atoms with Gasteiger partial charge in [-0.3, -0.25) is 4.98 Å². The average Bonchev–Trinajstić information content (AvgIpc) is 2.37. The Morgan fingerprint density at radius 2 is 2.05 bits per heavy atom. The van der Waals surface area contributed by atoms with Gasteiger partial charge in [0.15, 0.2) is 5.75 Å². The Morgan fingerprint density at radius 3 is 2.65 bits per heavy atom. The summed E-state index contributed by atoms with van der Waals surface area (Å²) in [6.45, 7) is 0. The number of halogens is 4. The summed E-state index contributed by atoms with van der Waals surface area (Å²) in [5, 5.41) is 0.314. The molecule has 0 aliphatic heterocycles. The number of fused-ring (bicyclic) bond motifs is 1. The molecule has 0 amide bonds. The van der Waals surface area contributed by atoms with E-state index in [1.54, 1.807) is 0 Å². The average molecular weight is 350 g/mol. The lowest BCUT2D eigenvalue weighted by atomic mass is 10.1. The Morgan fingerprint density at radius 1 is 1.35 bits per heavy atom. The summed E-state index contributed by atoms with van der Waals surface area (Å²) in [4.78, 5) is 15.3. The molecule has 0 unspecified atom stereocenters. The van der Waals surface area contributed by atoms with E-state index in [1.165, 1.54) is 19.2 Å². The highest BCUT2D eigenvalue weighted by atomic mass is 79.9. The van der Waals surface area contributed by atoms with Gasteiger partial charge in [0, 0.05) is 16.1 Å². The molecule has 0 bridgehead atoms. The number of ether oxygens (including phenoxy) is 2. The van der Waals surface area contributed by atoms with Crippen LogP contribution in [0.15, 0.2) is 28.9 Å². The first kappa shape index (κ1) is 14.6. The monoisotopic (exact) mass is 349 g/mol. The number of aromatic nitrogens is 1. The van der Waals surface area contributed by atoms with Crippen LogP contribution in [-0.2, 0) is 4.74 Å². The van der Waals surface area contributed by atoms with Crippen molar-refractivity contribution in [1.82, 2.24) is 4.98 Å². The van der Waals surface area contributed by atoms with Gasteiger partial charge in [-0.05, 0) is 22.0 Å². The minimum absolute atomic E-state index is 0.00986. The molecule has 106 valence electrons. The molecule has 8 heteroatoms. The van der Waals surface area contributed by atoms with E-state index in [1.807, 2.05) is 0 Å². The summed E-state index contributed by atoms with van der Waals surface area (Å²) in [5.41, 5.74) is 0.105. The smallest absolute Gasteiger partial charge is 0.465 e. The highest BCUT2D eigenvalue weighted by Crippen LogP contribution is 2.34. The first-order valence-electron chi connectivity index (χ1n) is 5.25. The molecule has 20 heavy (non-hydrogen) atoms. The van der Waals surface area contributed by atoms with Crippen LogP contribution in [0.2, 0.25) is 0 Å². The molecule has 2 aromatic rings. The van der Waals surface area contributed by atoms with Crippen LogP contribution in [0.1, 0.15) is 10.4 Å². The second-order valence-corrected chi connectivity index (χ2v) is 4.47. The number of pyridine rings is 1. The van der Waals surface area contributed by atoms with E-state index in [0.29, 0.717) is 9.86 Å². The molecular weight excluding hydrogens is 343 g/mol. The number of para-hydroxylation sites is 1. The molecule has 1 heterocycles. The number of carbonyl (C=O) groups excluding carboxylic acids is 1. The van der Waals surface area contributed by atoms with Crippen molar-refractivity contribution < 1.29 is 27.4 Å². The number of esters is 1. The van der Waals surface area contributed by atoms with Crippen molar-refractivity contribution in [2.24, 2.45) is 0 Å². The number of methoxy groups -OCH3 is 1. The zero-order chi connectivity index (χ0) is 14.9. The minimum Gasteiger partial charge on any atom is -0.465 e. The molecule has 0 aliphatic carbocycles. The summed E-state index contributed by atoms with van der Waals surface area (Å²) in [6.07, 6.45) is -3.69. The Bertz CT molecular complexity index is 673. The molecule has 0 saturated heterocycles. The van der Waals surface area contributed by atoms with Crippen LogP contribution in [0.4, 0.5) is 13.2 Å². The molecule has 0 N–H and O–H groups in total. The molecule has 1 aromatic carbocycles. The van der Waals surface area contributed by atoms with Crippen LogP contribution in [0, 0.1) is 0 Å². The molecule has 0 atom stereocenters. The van der Waals surface area contributed by atoms with Crippen molar-refractivity contribution in [1.29, 1.82) is 0 Å². The molecule has 4 nitrogen and oxygen atoms in total. The first-order chi connectivity index (χ1) is 9.33. The summed E-state index contributed by atoms with van der Waals surface area (Å²) in [7, 11) is 1.20. The van der Waals surface area contributed by atoms with Gasteiger partial charge in [-0.15, -0.1) is 13.2 Å². The highest BCUT2D eigenvalue weighted by molar-refractivity contribution is 9.10. The van der Waals surface area contributed by atoms with Crippen LogP contribution in [0.3, 0.4) is 0 Å². The third kappa shape index (κ3) is 2.84. The van der Waals surface area contributed by atoms with Crippen LogP contribution in [0.25, 0.3) is 10.9 Å². The topological polar surface area (TPSA) is 48.4 Å². The summed E-state index contributed by atoms with van der Waals surface area (Å²) in [5.74, 6) is -1.08. The maximum absolute atomic E-state index is 12.3. The molecule has 0 fully saturated rings. The fourth-order valence-corrected chi connectivity index (χ4v) is 2.21. The third-order valence-corrected chi connectivity index (χ3v) is 3.28. The van der Waals surface area contributed by atoms with Crippen molar-refractivity contribution in [3.63, 3.8) is 0 Å². The van der Waals surface area contributed by atoms with Gasteiger partial charge in [0.25, 0.3) is 0 Å². The Labute approximate surface area is 119 Å². The number of carbonyl (C=O) groups is 1. The lowest BCUT2D eigenvalue weighted by Crippen LogP contribution is -2.17. The van der Waals surface area contributed by atoms with E-state index >= 15 is 0 Å². The number of rotatable bonds is 2. The van der Waals surface area contributed by atoms with Gasteiger partial charge < -0.3 is 9.47 Å². The lowest BCUT2D eigenvalue weighted by molar-refractivity contribution is -0.274. The zero-order valence-corrected chi connectivity index (χ0v) is 11.6. The van der Waals surface area contributed by atoms with E-state index in [9.17, 15) is 18.0 Å². The zero-order valence-electron chi connectivity index (χ0n) is 9.99. The Kier molecular flexibility index (Phi) is 3.85. The van der Waals surface area contributed by atoms with Gasteiger partial charge in [-0.1, -0.05) is 12.1 Å². The summed E-state index contributed by atoms with van der Waals surface area (Å²) in [6, 6.07) is 4.03. The summed E-state index contributed by atoms with van der Waals surface area (Å²) >= 11 is 3.16. The van der Waals surface area contributed by atoms with Gasteiger partial charge in [0.05, 0.1) is 12.7 Å². The quantitative estimate of drug-likeness (QED) is 0.776. The largest absolute Gasteiger partial charge is 0.573 e. The molecular formula is C12H7BrF3NO3. The van der Waals surface area contributed by atoms with Gasteiger partial charge >= 0.3 is 12.3 Å². The van der Waals surface area contributed by atoms with E-state index in [-0.39, 0.29) is 11.1 Å². The van der Waals surface area contributed by atoms with Crippen LogP contribution < -0.4 is 4.74 Å². The van der Waals surface area contributed by atoms with Gasteiger partial charge in [0.2, 0.25) is 0 Å². The Balaban J connectivity index is 2.61. The second-order valence-electron chi connectivity index (χ2n) is 3.68. The maximum atomic E-state index is 12.3. The summed E-state index contributed by atoms with van der Waals surface area (Å²) < 4.78 is 45.6. The van der Waals surface area contributed by atoms with E-state index in [0.717, 1.165) is 12.3 Å². The normalized spacial score (nSPS) is 11.4. The standard InChI is InChI=1S/C12H7BrF3NO3/c1-19-11(18)7-5-17-10-6(9(7)13)3-2-4-8(10)20-12(14,15)16/h2-5H,1H3. The molecule has 0 saturated carbocycles.